The molecule has 0 radical (unpaired) electrons. The Morgan fingerprint density at radius 2 is 2.06 bits per heavy atom. The largest absolute Gasteiger partial charge is 0.413 e. The first-order valence-electron chi connectivity index (χ1n) is 10.9. The summed E-state index contributed by atoms with van der Waals surface area (Å²) in [6, 6.07) is 3.69. The Hall–Kier alpha value is -2.96. The van der Waals surface area contributed by atoms with E-state index >= 15 is 0 Å². The first-order valence-corrected chi connectivity index (χ1v) is 11.3. The van der Waals surface area contributed by atoms with E-state index in [-0.39, 0.29) is 16.6 Å². The van der Waals surface area contributed by atoms with Crippen LogP contribution in [0.15, 0.2) is 30.5 Å². The minimum Gasteiger partial charge on any atom is -0.375 e. The first-order chi connectivity index (χ1) is 16.6. The molecular weight excluding hydrogens is 487 g/mol. The van der Waals surface area contributed by atoms with Gasteiger partial charge in [-0.05, 0) is 49.2 Å². The number of hydrogen-bond donors (Lipinski definition) is 2. The van der Waals surface area contributed by atoms with Crippen molar-refractivity contribution in [1.82, 2.24) is 29.8 Å². The van der Waals surface area contributed by atoms with Crippen LogP contribution in [0.5, 0.6) is 0 Å². The Labute approximate surface area is 204 Å². The Bertz CT molecular complexity index is 1200. The molecule has 1 fully saturated rings. The van der Waals surface area contributed by atoms with Crippen molar-refractivity contribution in [2.45, 2.75) is 31.7 Å². The summed E-state index contributed by atoms with van der Waals surface area (Å²) in [6.45, 7) is 2.81. The second-order valence-corrected chi connectivity index (χ2v) is 8.70. The number of hydrogen-bond acceptors (Lipinski definition) is 7. The number of alkyl halides is 3. The summed E-state index contributed by atoms with van der Waals surface area (Å²) in [5.41, 5.74) is 1.59. The van der Waals surface area contributed by atoms with E-state index in [2.05, 4.69) is 25.7 Å². The predicted molar refractivity (Wildman–Crippen MR) is 123 cm³/mol. The molecule has 1 amide bonds. The van der Waals surface area contributed by atoms with Crippen molar-refractivity contribution in [3.63, 3.8) is 0 Å². The van der Waals surface area contributed by atoms with Crippen molar-refractivity contribution in [2.75, 3.05) is 32.6 Å². The molecule has 1 aliphatic rings. The smallest absolute Gasteiger partial charge is 0.375 e. The molecule has 0 aliphatic carbocycles. The van der Waals surface area contributed by atoms with Gasteiger partial charge in [0.25, 0.3) is 5.78 Å². The number of ether oxygens (including phenoxy) is 1. The van der Waals surface area contributed by atoms with Crippen LogP contribution in [0.1, 0.15) is 36.7 Å². The van der Waals surface area contributed by atoms with Gasteiger partial charge in [-0.3, -0.25) is 4.79 Å². The highest BCUT2D eigenvalue weighted by molar-refractivity contribution is 6.28. The van der Waals surface area contributed by atoms with Gasteiger partial charge < -0.3 is 20.3 Å². The van der Waals surface area contributed by atoms with E-state index in [1.807, 2.05) is 0 Å². The number of carbonyl (C=O) groups is 1. The SMILES string of the molecule is CO[C@@H](C)c1c(Nc2ccc([C@H](N(C)C(=O)C3CCNC3)C(F)(F)F)cc2)cnc2nc(Cl)nn12. The number of aromatic nitrogens is 4. The molecule has 3 atom stereocenters. The zero-order valence-corrected chi connectivity index (χ0v) is 20.1. The number of benzene rings is 1. The zero-order chi connectivity index (χ0) is 25.3. The van der Waals surface area contributed by atoms with Crippen LogP contribution in [0.4, 0.5) is 24.5 Å². The maximum Gasteiger partial charge on any atom is 0.413 e. The lowest BCUT2D eigenvalue weighted by Crippen LogP contribution is -2.43. The van der Waals surface area contributed by atoms with Gasteiger partial charge in [-0.1, -0.05) is 12.1 Å². The Balaban J connectivity index is 1.61. The lowest BCUT2D eigenvalue weighted by molar-refractivity contribution is -0.190. The molecule has 3 aromatic rings. The van der Waals surface area contributed by atoms with Crippen LogP contribution in [0.25, 0.3) is 5.78 Å². The summed E-state index contributed by atoms with van der Waals surface area (Å²) in [6.07, 6.45) is -3.00. The molecule has 2 aromatic heterocycles. The number of fused-ring (bicyclic) bond motifs is 1. The van der Waals surface area contributed by atoms with Crippen LogP contribution in [0, 0.1) is 5.92 Å². The van der Waals surface area contributed by atoms with Gasteiger partial charge in [0.1, 0.15) is 0 Å². The maximum atomic E-state index is 14.0. The Morgan fingerprint density at radius 3 is 2.66 bits per heavy atom. The highest BCUT2D eigenvalue weighted by atomic mass is 35.5. The number of carbonyl (C=O) groups excluding carboxylic acids is 1. The van der Waals surface area contributed by atoms with E-state index < -0.39 is 30.1 Å². The molecule has 0 bridgehead atoms. The molecule has 2 N–H and O–H groups in total. The fourth-order valence-corrected chi connectivity index (χ4v) is 4.39. The number of amides is 1. The normalized spacial score (nSPS) is 18.0. The lowest BCUT2D eigenvalue weighted by Gasteiger charge is -2.32. The van der Waals surface area contributed by atoms with Crippen molar-refractivity contribution in [2.24, 2.45) is 5.92 Å². The highest BCUT2D eigenvalue weighted by Gasteiger charge is 2.46. The average molecular weight is 512 g/mol. The predicted octanol–water partition coefficient (Wildman–Crippen LogP) is 3.90. The maximum absolute atomic E-state index is 14.0. The molecule has 4 rings (SSSR count). The van der Waals surface area contributed by atoms with Gasteiger partial charge in [0.05, 0.1) is 29.6 Å². The third kappa shape index (κ3) is 5.19. The first kappa shape index (κ1) is 25.1. The topological polar surface area (TPSA) is 96.7 Å². The quantitative estimate of drug-likeness (QED) is 0.496. The van der Waals surface area contributed by atoms with Crippen LogP contribution in [0.3, 0.4) is 0 Å². The lowest BCUT2D eigenvalue weighted by atomic mass is 10.0. The Morgan fingerprint density at radius 1 is 1.34 bits per heavy atom. The zero-order valence-electron chi connectivity index (χ0n) is 19.3. The minimum atomic E-state index is -4.63. The van der Waals surface area contributed by atoms with Crippen LogP contribution >= 0.6 is 11.6 Å². The van der Waals surface area contributed by atoms with Gasteiger partial charge in [-0.25, -0.2) is 4.98 Å². The third-order valence-corrected chi connectivity index (χ3v) is 6.24. The van der Waals surface area contributed by atoms with E-state index in [1.165, 1.54) is 49.1 Å². The molecule has 9 nitrogen and oxygen atoms in total. The van der Waals surface area contributed by atoms with Crippen molar-refractivity contribution < 1.29 is 22.7 Å². The van der Waals surface area contributed by atoms with Crippen molar-refractivity contribution in [1.29, 1.82) is 0 Å². The summed E-state index contributed by atoms with van der Waals surface area (Å²) < 4.78 is 48.9. The summed E-state index contributed by atoms with van der Waals surface area (Å²) in [5.74, 6) is -0.698. The molecule has 1 unspecified atom stereocenters. The number of methoxy groups -OCH3 is 1. The van der Waals surface area contributed by atoms with E-state index in [4.69, 9.17) is 16.3 Å². The van der Waals surface area contributed by atoms with Crippen molar-refractivity contribution in [3.8, 4) is 0 Å². The van der Waals surface area contributed by atoms with E-state index in [9.17, 15) is 18.0 Å². The molecule has 1 aliphatic heterocycles. The van der Waals surface area contributed by atoms with Crippen molar-refractivity contribution >= 4 is 34.7 Å². The summed E-state index contributed by atoms with van der Waals surface area (Å²) in [7, 11) is 2.73. The molecule has 1 saturated heterocycles. The third-order valence-electron chi connectivity index (χ3n) is 6.08. The van der Waals surface area contributed by atoms with Crippen LogP contribution in [-0.2, 0) is 9.53 Å². The molecule has 188 valence electrons. The second-order valence-electron chi connectivity index (χ2n) is 8.36. The number of rotatable bonds is 7. The Kier molecular flexibility index (Phi) is 7.15. The van der Waals surface area contributed by atoms with Gasteiger partial charge in [0, 0.05) is 26.4 Å². The number of nitrogens with zero attached hydrogens (tertiary/aromatic N) is 5. The van der Waals surface area contributed by atoms with E-state index in [0.717, 1.165) is 4.90 Å². The van der Waals surface area contributed by atoms with Gasteiger partial charge >= 0.3 is 6.18 Å². The van der Waals surface area contributed by atoms with Gasteiger partial charge in [0.15, 0.2) is 6.04 Å². The molecule has 13 heteroatoms. The van der Waals surface area contributed by atoms with E-state index in [1.54, 1.807) is 6.92 Å². The molecule has 0 saturated carbocycles. The number of anilines is 2. The van der Waals surface area contributed by atoms with Gasteiger partial charge in [-0.15, -0.1) is 5.10 Å². The average Bonchev–Trinajstić information content (AvgIpc) is 3.47. The molecule has 3 heterocycles. The summed E-state index contributed by atoms with van der Waals surface area (Å²) in [5, 5.41) is 10.3. The van der Waals surface area contributed by atoms with Gasteiger partial charge in [-0.2, -0.15) is 22.7 Å². The van der Waals surface area contributed by atoms with Gasteiger partial charge in [0.2, 0.25) is 11.2 Å². The summed E-state index contributed by atoms with van der Waals surface area (Å²) >= 11 is 5.92. The standard InChI is InChI=1S/C22H25ClF3N7O2/c1-12(35-3)17-16(11-28-21-30-20(23)31-33(17)21)29-15-6-4-13(5-7-15)18(22(24,25)26)32(2)19(34)14-8-9-27-10-14/h4-7,11-12,14,18,27,29H,8-10H2,1-3H3/t12-,14?,18-/m0/s1. The monoisotopic (exact) mass is 511 g/mol. The van der Waals surface area contributed by atoms with E-state index in [0.29, 0.717) is 36.6 Å². The fourth-order valence-electron chi connectivity index (χ4n) is 4.24. The van der Waals surface area contributed by atoms with Crippen LogP contribution in [0.2, 0.25) is 5.28 Å². The molecule has 0 spiro atoms. The summed E-state index contributed by atoms with van der Waals surface area (Å²) in [4.78, 5) is 21.7. The number of halogens is 4. The number of nitrogens with one attached hydrogen (secondary N) is 2. The minimum absolute atomic E-state index is 0.0220. The molecule has 1 aromatic carbocycles. The second kappa shape index (κ2) is 9.96. The van der Waals surface area contributed by atoms with Crippen LogP contribution in [-0.4, -0.2) is 63.8 Å². The molecule has 35 heavy (non-hydrogen) atoms. The highest BCUT2D eigenvalue weighted by Crippen LogP contribution is 2.38. The fraction of sp³-hybridized carbons (Fsp3) is 0.455. The van der Waals surface area contributed by atoms with Crippen LogP contribution < -0.4 is 10.6 Å². The molecular formula is C22H25ClF3N7O2. The van der Waals surface area contributed by atoms with Crippen molar-refractivity contribution in [3.05, 3.63) is 47.0 Å².